The van der Waals surface area contributed by atoms with Crippen LogP contribution in [-0.4, -0.2) is 21.9 Å². The molecule has 0 N–H and O–H groups in total. The van der Waals surface area contributed by atoms with E-state index in [1.54, 1.807) is 25.1 Å². The van der Waals surface area contributed by atoms with Crippen molar-refractivity contribution in [1.29, 1.82) is 0 Å². The molecule has 0 spiro atoms. The second kappa shape index (κ2) is 7.02. The van der Waals surface area contributed by atoms with E-state index in [9.17, 15) is 9.18 Å². The van der Waals surface area contributed by atoms with Crippen molar-refractivity contribution in [2.24, 2.45) is 0 Å². The molecule has 6 heteroatoms. The predicted octanol–water partition coefficient (Wildman–Crippen LogP) is 5.49. The molecule has 0 fully saturated rings. The van der Waals surface area contributed by atoms with E-state index in [0.29, 0.717) is 34.3 Å². The highest BCUT2D eigenvalue weighted by Gasteiger charge is 2.33. The molecule has 1 atom stereocenters. The van der Waals surface area contributed by atoms with Crippen LogP contribution in [0.15, 0.2) is 54.7 Å². The summed E-state index contributed by atoms with van der Waals surface area (Å²) in [5, 5.41) is 0.918. The lowest BCUT2D eigenvalue weighted by atomic mass is 9.98. The molecular weight excluding hydrogens is 386 g/mol. The van der Waals surface area contributed by atoms with Crippen molar-refractivity contribution in [2.45, 2.75) is 19.5 Å². The molecule has 0 saturated carbocycles. The first kappa shape index (κ1) is 18.1. The Bertz CT molecular complexity index is 1030. The van der Waals surface area contributed by atoms with E-state index < -0.39 is 0 Å². The summed E-state index contributed by atoms with van der Waals surface area (Å²) in [5.41, 5.74) is 2.81. The quantitative estimate of drug-likeness (QED) is 0.556. The van der Waals surface area contributed by atoms with Gasteiger partial charge in [0.05, 0.1) is 16.1 Å². The lowest BCUT2D eigenvalue weighted by Crippen LogP contribution is -2.42. The van der Waals surface area contributed by atoms with E-state index in [4.69, 9.17) is 23.2 Å². The lowest BCUT2D eigenvalue weighted by molar-refractivity contribution is 0.0664. The van der Waals surface area contributed by atoms with Gasteiger partial charge in [-0.15, -0.1) is 0 Å². The summed E-state index contributed by atoms with van der Waals surface area (Å²) >= 11 is 12.3. The first-order valence-corrected chi connectivity index (χ1v) is 9.38. The average Bonchev–Trinajstić information content (AvgIpc) is 3.13. The molecule has 1 aliphatic heterocycles. The molecule has 0 bridgehead atoms. The number of amides is 1. The lowest BCUT2D eigenvalue weighted by Gasteiger charge is -2.37. The molecule has 0 saturated heterocycles. The number of carbonyl (C=O) groups is 1. The van der Waals surface area contributed by atoms with Gasteiger partial charge in [0.1, 0.15) is 5.82 Å². The van der Waals surface area contributed by atoms with E-state index >= 15 is 0 Å². The van der Waals surface area contributed by atoms with Crippen molar-refractivity contribution < 1.29 is 9.18 Å². The topological polar surface area (TPSA) is 25.2 Å². The predicted molar refractivity (Wildman–Crippen MR) is 105 cm³/mol. The van der Waals surface area contributed by atoms with Gasteiger partial charge < -0.3 is 9.47 Å². The van der Waals surface area contributed by atoms with Crippen LogP contribution >= 0.6 is 23.2 Å². The summed E-state index contributed by atoms with van der Waals surface area (Å²) in [5.74, 6) is -0.457. The summed E-state index contributed by atoms with van der Waals surface area (Å²) in [6.45, 7) is 2.90. The highest BCUT2D eigenvalue weighted by Crippen LogP contribution is 2.36. The summed E-state index contributed by atoms with van der Waals surface area (Å²) in [7, 11) is 0. The number of aromatic nitrogens is 1. The number of hydrogen-bond acceptors (Lipinski definition) is 1. The van der Waals surface area contributed by atoms with Crippen molar-refractivity contribution in [3.05, 3.63) is 93.0 Å². The zero-order valence-corrected chi connectivity index (χ0v) is 16.1. The Labute approximate surface area is 166 Å². The molecule has 1 amide bonds. The minimum Gasteiger partial charge on any atom is -0.348 e. The normalized spacial score (nSPS) is 16.3. The van der Waals surface area contributed by atoms with E-state index in [0.717, 1.165) is 11.3 Å². The fourth-order valence-electron chi connectivity index (χ4n) is 3.58. The first-order chi connectivity index (χ1) is 13.0. The third-order valence-corrected chi connectivity index (χ3v) is 5.70. The highest BCUT2D eigenvalue weighted by molar-refractivity contribution is 6.42. The molecule has 1 aromatic heterocycles. The van der Waals surface area contributed by atoms with Crippen molar-refractivity contribution in [2.75, 3.05) is 6.54 Å². The fraction of sp³-hybridized carbons (Fsp3) is 0.190. The number of aryl methyl sites for hydroxylation is 1. The number of halogens is 3. The number of benzene rings is 2. The first-order valence-electron chi connectivity index (χ1n) is 8.63. The Morgan fingerprint density at radius 3 is 2.63 bits per heavy atom. The molecule has 1 unspecified atom stereocenters. The minimum absolute atomic E-state index is 0.137. The van der Waals surface area contributed by atoms with Gasteiger partial charge in [-0.2, -0.15) is 0 Å². The van der Waals surface area contributed by atoms with Gasteiger partial charge in [0, 0.05) is 30.5 Å². The molecule has 3 aromatic rings. The van der Waals surface area contributed by atoms with Gasteiger partial charge in [0.15, 0.2) is 0 Å². The highest BCUT2D eigenvalue weighted by atomic mass is 35.5. The monoisotopic (exact) mass is 402 g/mol. The Kier molecular flexibility index (Phi) is 4.70. The van der Waals surface area contributed by atoms with Gasteiger partial charge in [-0.05, 0) is 60.5 Å². The van der Waals surface area contributed by atoms with E-state index in [-0.39, 0.29) is 17.8 Å². The van der Waals surface area contributed by atoms with Crippen LogP contribution in [0.3, 0.4) is 0 Å². The zero-order chi connectivity index (χ0) is 19.1. The van der Waals surface area contributed by atoms with Crippen LogP contribution in [0.1, 0.15) is 33.2 Å². The summed E-state index contributed by atoms with van der Waals surface area (Å²) < 4.78 is 15.8. The van der Waals surface area contributed by atoms with Gasteiger partial charge >= 0.3 is 0 Å². The summed E-state index contributed by atoms with van der Waals surface area (Å²) in [6, 6.07) is 13.6. The second-order valence-electron chi connectivity index (χ2n) is 6.67. The molecule has 2 heterocycles. The van der Waals surface area contributed by atoms with E-state index in [1.807, 2.05) is 29.3 Å². The third kappa shape index (κ3) is 3.24. The van der Waals surface area contributed by atoms with Gasteiger partial charge in [0.25, 0.3) is 5.91 Å². The number of rotatable bonds is 2. The molecular formula is C21H17Cl2FN2O. The molecule has 2 aromatic carbocycles. The Morgan fingerprint density at radius 2 is 1.89 bits per heavy atom. The van der Waals surface area contributed by atoms with Crippen LogP contribution in [-0.2, 0) is 6.54 Å². The Morgan fingerprint density at radius 1 is 1.07 bits per heavy atom. The molecule has 1 aliphatic rings. The van der Waals surface area contributed by atoms with Crippen LogP contribution in [0.4, 0.5) is 4.39 Å². The Balaban J connectivity index is 1.79. The van der Waals surface area contributed by atoms with Crippen molar-refractivity contribution in [3.8, 4) is 0 Å². The van der Waals surface area contributed by atoms with Crippen LogP contribution in [0, 0.1) is 12.7 Å². The Hall–Kier alpha value is -2.30. The number of fused-ring (bicyclic) bond motifs is 1. The minimum atomic E-state index is -0.319. The number of nitrogens with zero attached hydrogens (tertiary/aromatic N) is 2. The largest absolute Gasteiger partial charge is 0.348 e. The van der Waals surface area contributed by atoms with Crippen LogP contribution in [0.2, 0.25) is 10.0 Å². The fourth-order valence-corrected chi connectivity index (χ4v) is 3.89. The maximum Gasteiger partial charge on any atom is 0.254 e. The molecule has 138 valence electrons. The number of hydrogen-bond donors (Lipinski definition) is 0. The van der Waals surface area contributed by atoms with Gasteiger partial charge in [-0.25, -0.2) is 4.39 Å². The van der Waals surface area contributed by atoms with Gasteiger partial charge in [-0.1, -0.05) is 29.3 Å². The third-order valence-electron chi connectivity index (χ3n) is 4.96. The van der Waals surface area contributed by atoms with E-state index in [1.165, 1.54) is 12.1 Å². The van der Waals surface area contributed by atoms with Crippen molar-refractivity contribution >= 4 is 29.1 Å². The van der Waals surface area contributed by atoms with Crippen LogP contribution < -0.4 is 0 Å². The molecule has 0 aliphatic carbocycles. The summed E-state index contributed by atoms with van der Waals surface area (Å²) in [4.78, 5) is 15.1. The van der Waals surface area contributed by atoms with Crippen molar-refractivity contribution in [3.63, 3.8) is 0 Å². The van der Waals surface area contributed by atoms with Gasteiger partial charge in [-0.3, -0.25) is 4.79 Å². The van der Waals surface area contributed by atoms with Gasteiger partial charge in [0.2, 0.25) is 0 Å². The smallest absolute Gasteiger partial charge is 0.254 e. The molecule has 27 heavy (non-hydrogen) atoms. The standard InChI is InChI=1S/C21H17Cl2FN2O/c1-13-11-15(5-7-18(13)24)21(27)26-10-9-25-8-2-3-19(25)20(26)14-4-6-16(22)17(23)12-14/h2-8,11-12,20H,9-10H2,1H3. The molecule has 4 rings (SSSR count). The maximum absolute atomic E-state index is 13.6. The SMILES string of the molecule is Cc1cc(C(=O)N2CCn3cccc3C2c2ccc(Cl)c(Cl)c2)ccc1F. The average molecular weight is 403 g/mol. The molecule has 0 radical (unpaired) electrons. The van der Waals surface area contributed by atoms with Crippen molar-refractivity contribution in [1.82, 2.24) is 9.47 Å². The zero-order valence-electron chi connectivity index (χ0n) is 14.6. The van der Waals surface area contributed by atoms with E-state index in [2.05, 4.69) is 4.57 Å². The second-order valence-corrected chi connectivity index (χ2v) is 7.48. The molecule has 3 nitrogen and oxygen atoms in total. The summed E-state index contributed by atoms with van der Waals surface area (Å²) in [6.07, 6.45) is 2.00. The number of carbonyl (C=O) groups excluding carboxylic acids is 1. The van der Waals surface area contributed by atoms with Crippen LogP contribution in [0.25, 0.3) is 0 Å². The van der Waals surface area contributed by atoms with Crippen LogP contribution in [0.5, 0.6) is 0 Å². The maximum atomic E-state index is 13.6.